The second-order valence-corrected chi connectivity index (χ2v) is 3.90. The van der Waals surface area contributed by atoms with Crippen LogP contribution in [0.2, 0.25) is 0 Å². The van der Waals surface area contributed by atoms with Gasteiger partial charge >= 0.3 is 0 Å². The summed E-state index contributed by atoms with van der Waals surface area (Å²) in [4.78, 5) is 0. The first-order chi connectivity index (χ1) is 7.64. The van der Waals surface area contributed by atoms with Gasteiger partial charge in [-0.05, 0) is 18.4 Å². The summed E-state index contributed by atoms with van der Waals surface area (Å²) in [5.74, 6) is 0. The normalized spacial score (nSPS) is 13.1. The van der Waals surface area contributed by atoms with Gasteiger partial charge in [0.2, 0.25) is 0 Å². The number of hydrogen-bond acceptors (Lipinski definition) is 2. The highest BCUT2D eigenvalue weighted by Gasteiger charge is 2.33. The van der Waals surface area contributed by atoms with E-state index in [9.17, 15) is 10.2 Å². The van der Waals surface area contributed by atoms with Gasteiger partial charge in [-0.2, -0.15) is 0 Å². The third kappa shape index (κ3) is 2.81. The summed E-state index contributed by atoms with van der Waals surface area (Å²) in [5.41, 5.74) is -0.515. The van der Waals surface area contributed by atoms with E-state index in [0.29, 0.717) is 18.4 Å². The van der Waals surface area contributed by atoms with E-state index in [4.69, 9.17) is 0 Å². The van der Waals surface area contributed by atoms with E-state index < -0.39 is 11.7 Å². The molecule has 16 heavy (non-hydrogen) atoms. The first-order valence-electron chi connectivity index (χ1n) is 5.31. The molecule has 0 heterocycles. The molecular weight excluding hydrogens is 200 g/mol. The zero-order valence-electron chi connectivity index (χ0n) is 9.34. The monoisotopic (exact) mass is 218 g/mol. The maximum Gasteiger partial charge on any atom is 0.108 e. The van der Waals surface area contributed by atoms with Gasteiger partial charge < -0.3 is 10.2 Å². The van der Waals surface area contributed by atoms with Gasteiger partial charge in [0.25, 0.3) is 0 Å². The molecule has 2 N–H and O–H groups in total. The molecule has 1 unspecified atom stereocenters. The minimum atomic E-state index is -1.22. The Morgan fingerprint density at radius 3 is 2.06 bits per heavy atom. The summed E-state index contributed by atoms with van der Waals surface area (Å²) in [5, 5.41) is 20.5. The highest BCUT2D eigenvalue weighted by Crippen LogP contribution is 2.32. The van der Waals surface area contributed by atoms with Crippen LogP contribution in [0.4, 0.5) is 0 Å². The van der Waals surface area contributed by atoms with Crippen molar-refractivity contribution < 1.29 is 10.2 Å². The van der Waals surface area contributed by atoms with Crippen molar-refractivity contribution in [2.45, 2.75) is 24.5 Å². The van der Waals surface area contributed by atoms with E-state index in [-0.39, 0.29) is 0 Å². The topological polar surface area (TPSA) is 40.5 Å². The van der Waals surface area contributed by atoms with E-state index in [1.807, 2.05) is 18.2 Å². The second kappa shape index (κ2) is 5.64. The largest absolute Gasteiger partial charge is 0.386 e. The van der Waals surface area contributed by atoms with Crippen LogP contribution in [0.15, 0.2) is 55.6 Å². The molecule has 0 aliphatic rings. The molecule has 0 saturated carbocycles. The molecule has 1 rings (SSSR count). The predicted octanol–water partition coefficient (Wildman–Crippen LogP) is 2.60. The minimum absolute atomic E-state index is 0.328. The lowest BCUT2D eigenvalue weighted by atomic mass is 9.85. The molecular formula is C14H18O2. The smallest absolute Gasteiger partial charge is 0.108 e. The molecule has 0 saturated heterocycles. The molecule has 0 aliphatic carbocycles. The van der Waals surface area contributed by atoms with E-state index >= 15 is 0 Å². The fraction of sp³-hybridized carbons (Fsp3) is 0.286. The molecule has 1 aromatic carbocycles. The van der Waals surface area contributed by atoms with Gasteiger partial charge in [0, 0.05) is 0 Å². The van der Waals surface area contributed by atoms with Gasteiger partial charge in [0.15, 0.2) is 0 Å². The lowest BCUT2D eigenvalue weighted by molar-refractivity contribution is -0.0728. The van der Waals surface area contributed by atoms with Crippen molar-refractivity contribution in [1.29, 1.82) is 0 Å². The van der Waals surface area contributed by atoms with Crippen molar-refractivity contribution in [2.75, 3.05) is 0 Å². The van der Waals surface area contributed by atoms with Crippen molar-refractivity contribution in [3.8, 4) is 0 Å². The van der Waals surface area contributed by atoms with Gasteiger partial charge in [-0.3, -0.25) is 0 Å². The second-order valence-electron chi connectivity index (χ2n) is 3.90. The Labute approximate surface area is 96.6 Å². The van der Waals surface area contributed by atoms with E-state index in [0.717, 1.165) is 0 Å². The Kier molecular flexibility index (Phi) is 4.47. The molecule has 0 aromatic heterocycles. The lowest BCUT2D eigenvalue weighted by Crippen LogP contribution is -2.35. The molecule has 0 spiro atoms. The highest BCUT2D eigenvalue weighted by atomic mass is 16.3. The van der Waals surface area contributed by atoms with Crippen LogP contribution in [0, 0.1) is 0 Å². The summed E-state index contributed by atoms with van der Waals surface area (Å²) >= 11 is 0. The zero-order chi connectivity index (χ0) is 12.0. The van der Waals surface area contributed by atoms with Crippen LogP contribution in [0.25, 0.3) is 0 Å². The molecule has 0 aliphatic heterocycles. The first-order valence-corrected chi connectivity index (χ1v) is 5.31. The Hall–Kier alpha value is -1.38. The van der Waals surface area contributed by atoms with E-state index in [2.05, 4.69) is 13.2 Å². The molecule has 2 nitrogen and oxygen atoms in total. The van der Waals surface area contributed by atoms with Gasteiger partial charge in [0.1, 0.15) is 11.7 Å². The minimum Gasteiger partial charge on any atom is -0.386 e. The summed E-state index contributed by atoms with van der Waals surface area (Å²) in [6.45, 7) is 7.20. The number of benzene rings is 1. The summed E-state index contributed by atoms with van der Waals surface area (Å²) < 4.78 is 0. The first kappa shape index (κ1) is 12.7. The molecule has 0 amide bonds. The van der Waals surface area contributed by atoms with Crippen molar-refractivity contribution in [1.82, 2.24) is 0 Å². The summed E-state index contributed by atoms with van der Waals surface area (Å²) in [6.07, 6.45) is 2.94. The van der Waals surface area contributed by atoms with Crippen LogP contribution in [-0.2, 0) is 0 Å². The van der Waals surface area contributed by atoms with Crippen molar-refractivity contribution in [2.24, 2.45) is 0 Å². The number of rotatable bonds is 6. The Balaban J connectivity index is 2.94. The third-order valence-corrected chi connectivity index (χ3v) is 2.62. The van der Waals surface area contributed by atoms with Crippen molar-refractivity contribution >= 4 is 0 Å². The average molecular weight is 218 g/mol. The summed E-state index contributed by atoms with van der Waals surface area (Å²) in [7, 11) is 0. The fourth-order valence-corrected chi connectivity index (χ4v) is 1.75. The molecule has 0 bridgehead atoms. The molecule has 0 radical (unpaired) electrons. The predicted molar refractivity (Wildman–Crippen MR) is 66.0 cm³/mol. The number of hydrogen-bond donors (Lipinski definition) is 2. The molecule has 2 heteroatoms. The van der Waals surface area contributed by atoms with Crippen molar-refractivity contribution in [3.05, 3.63) is 61.2 Å². The summed E-state index contributed by atoms with van der Waals surface area (Å²) in [6, 6.07) is 9.13. The Bertz CT molecular complexity index is 333. The standard InChI is InChI=1S/C14H18O2/c1-3-10-14(16,11-4-2)13(15)12-8-6-5-7-9-12/h3-9,13,15-16H,1-2,10-11H2. The quantitative estimate of drug-likeness (QED) is 0.720. The average Bonchev–Trinajstić information content (AvgIpc) is 2.30. The molecule has 0 fully saturated rings. The SMILES string of the molecule is C=CCC(O)(CC=C)C(O)c1ccccc1. The maximum atomic E-state index is 10.3. The Morgan fingerprint density at radius 1 is 1.12 bits per heavy atom. The van der Waals surface area contributed by atoms with Crippen LogP contribution in [0.1, 0.15) is 24.5 Å². The van der Waals surface area contributed by atoms with Gasteiger partial charge in [-0.1, -0.05) is 42.5 Å². The third-order valence-electron chi connectivity index (χ3n) is 2.62. The van der Waals surface area contributed by atoms with Gasteiger partial charge in [-0.15, -0.1) is 13.2 Å². The van der Waals surface area contributed by atoms with Gasteiger partial charge in [-0.25, -0.2) is 0 Å². The molecule has 1 atom stereocenters. The highest BCUT2D eigenvalue weighted by molar-refractivity contribution is 5.21. The maximum absolute atomic E-state index is 10.3. The van der Waals surface area contributed by atoms with Crippen molar-refractivity contribution in [3.63, 3.8) is 0 Å². The van der Waals surface area contributed by atoms with E-state index in [1.165, 1.54) is 0 Å². The van der Waals surface area contributed by atoms with Crippen LogP contribution >= 0.6 is 0 Å². The lowest BCUT2D eigenvalue weighted by Gasteiger charge is -2.31. The van der Waals surface area contributed by atoms with Crippen LogP contribution < -0.4 is 0 Å². The number of aliphatic hydroxyl groups excluding tert-OH is 1. The van der Waals surface area contributed by atoms with Crippen LogP contribution in [-0.4, -0.2) is 15.8 Å². The number of aliphatic hydroxyl groups is 2. The van der Waals surface area contributed by atoms with Crippen LogP contribution in [0.3, 0.4) is 0 Å². The Morgan fingerprint density at radius 2 is 1.62 bits per heavy atom. The molecule has 1 aromatic rings. The fourth-order valence-electron chi connectivity index (χ4n) is 1.75. The van der Waals surface area contributed by atoms with E-state index in [1.54, 1.807) is 24.3 Å². The van der Waals surface area contributed by atoms with Crippen LogP contribution in [0.5, 0.6) is 0 Å². The van der Waals surface area contributed by atoms with Gasteiger partial charge in [0.05, 0.1) is 0 Å². The molecule has 86 valence electrons. The zero-order valence-corrected chi connectivity index (χ0v) is 9.34.